The highest BCUT2D eigenvalue weighted by molar-refractivity contribution is 7.89. The molecule has 6 heteroatoms. The van der Waals surface area contributed by atoms with E-state index in [1.165, 1.54) is 0 Å². The van der Waals surface area contributed by atoms with E-state index in [9.17, 15) is 8.42 Å². The van der Waals surface area contributed by atoms with Crippen molar-refractivity contribution in [3.8, 4) is 0 Å². The molecule has 0 amide bonds. The van der Waals surface area contributed by atoms with Crippen LogP contribution in [0.1, 0.15) is 32.8 Å². The number of rotatable bonds is 8. The van der Waals surface area contributed by atoms with Crippen molar-refractivity contribution in [3.63, 3.8) is 0 Å². The van der Waals surface area contributed by atoms with Crippen molar-refractivity contribution in [3.05, 3.63) is 30.1 Å². The van der Waals surface area contributed by atoms with Crippen LogP contribution in [0.4, 0.5) is 0 Å². The highest BCUT2D eigenvalue weighted by Crippen LogP contribution is 2.15. The van der Waals surface area contributed by atoms with Gasteiger partial charge in [0, 0.05) is 25.5 Å². The first-order valence-corrected chi connectivity index (χ1v) is 8.51. The van der Waals surface area contributed by atoms with Gasteiger partial charge in [0.25, 0.3) is 0 Å². The summed E-state index contributed by atoms with van der Waals surface area (Å²) < 4.78 is 26.2. The number of hydrogen-bond acceptors (Lipinski definition) is 4. The third-order valence-electron chi connectivity index (χ3n) is 2.53. The molecule has 0 atom stereocenters. The zero-order valence-electron chi connectivity index (χ0n) is 12.5. The minimum atomic E-state index is -3.17. The molecule has 0 aliphatic heterocycles. The number of nitrogens with one attached hydrogen (secondary N) is 2. The van der Waals surface area contributed by atoms with Crippen LogP contribution in [0.15, 0.2) is 24.5 Å². The predicted molar refractivity (Wildman–Crippen MR) is 81.8 cm³/mol. The van der Waals surface area contributed by atoms with E-state index in [4.69, 9.17) is 0 Å². The summed E-state index contributed by atoms with van der Waals surface area (Å²) in [4.78, 5) is 4.03. The molecule has 0 spiro atoms. The molecule has 20 heavy (non-hydrogen) atoms. The molecule has 2 N–H and O–H groups in total. The Bertz CT molecular complexity index is 481. The summed E-state index contributed by atoms with van der Waals surface area (Å²) in [5.41, 5.74) is 0.908. The third kappa shape index (κ3) is 8.24. The SMILES string of the molecule is CC(C)(C)CS(=O)(=O)NCCCNCc1cccnc1. The molecule has 0 saturated heterocycles. The zero-order valence-corrected chi connectivity index (χ0v) is 13.3. The molecule has 0 aromatic carbocycles. The van der Waals surface area contributed by atoms with E-state index in [1.807, 2.05) is 39.1 Å². The van der Waals surface area contributed by atoms with Crippen molar-refractivity contribution >= 4 is 10.0 Å². The molecule has 1 heterocycles. The summed E-state index contributed by atoms with van der Waals surface area (Å²) in [5.74, 6) is 0.156. The van der Waals surface area contributed by atoms with E-state index in [0.717, 1.165) is 25.1 Å². The van der Waals surface area contributed by atoms with E-state index < -0.39 is 10.0 Å². The van der Waals surface area contributed by atoms with Gasteiger partial charge < -0.3 is 5.32 Å². The van der Waals surface area contributed by atoms with Gasteiger partial charge in [-0.25, -0.2) is 13.1 Å². The topological polar surface area (TPSA) is 71.1 Å². The van der Waals surface area contributed by atoms with Crippen molar-refractivity contribution in [1.29, 1.82) is 0 Å². The molecular formula is C14H25N3O2S. The lowest BCUT2D eigenvalue weighted by molar-refractivity contribution is 0.457. The van der Waals surface area contributed by atoms with E-state index in [-0.39, 0.29) is 11.2 Å². The second-order valence-corrected chi connectivity index (χ2v) is 7.91. The van der Waals surface area contributed by atoms with Crippen molar-refractivity contribution < 1.29 is 8.42 Å². The lowest BCUT2D eigenvalue weighted by atomic mass is 10.0. The van der Waals surface area contributed by atoms with Crippen molar-refractivity contribution in [2.24, 2.45) is 5.41 Å². The predicted octanol–water partition coefficient (Wildman–Crippen LogP) is 1.53. The summed E-state index contributed by atoms with van der Waals surface area (Å²) in [7, 11) is -3.17. The molecule has 1 aromatic rings. The van der Waals surface area contributed by atoms with Crippen LogP contribution in [0.3, 0.4) is 0 Å². The fourth-order valence-electron chi connectivity index (χ4n) is 1.80. The molecule has 0 unspecified atom stereocenters. The molecule has 0 bridgehead atoms. The first kappa shape index (κ1) is 17.1. The Labute approximate surface area is 122 Å². The highest BCUT2D eigenvalue weighted by atomic mass is 32.2. The average Bonchev–Trinajstić information content (AvgIpc) is 2.32. The molecule has 5 nitrogen and oxygen atoms in total. The Morgan fingerprint density at radius 3 is 2.60 bits per heavy atom. The molecule has 0 radical (unpaired) electrons. The van der Waals surface area contributed by atoms with Crippen molar-refractivity contribution in [1.82, 2.24) is 15.0 Å². The van der Waals surface area contributed by atoms with Gasteiger partial charge in [0.05, 0.1) is 5.75 Å². The maximum Gasteiger partial charge on any atom is 0.212 e. The van der Waals surface area contributed by atoms with Gasteiger partial charge in [-0.1, -0.05) is 26.8 Å². The van der Waals surface area contributed by atoms with Gasteiger partial charge in [-0.2, -0.15) is 0 Å². The van der Waals surface area contributed by atoms with Gasteiger partial charge in [0.1, 0.15) is 0 Å². The molecule has 114 valence electrons. The van der Waals surface area contributed by atoms with Gasteiger partial charge in [0.2, 0.25) is 10.0 Å². The lowest BCUT2D eigenvalue weighted by Gasteiger charge is -2.18. The van der Waals surface area contributed by atoms with Gasteiger partial charge in [-0.15, -0.1) is 0 Å². The summed E-state index contributed by atoms with van der Waals surface area (Å²) in [6.07, 6.45) is 4.33. The van der Waals surface area contributed by atoms with Crippen molar-refractivity contribution in [2.45, 2.75) is 33.7 Å². The zero-order chi connectivity index (χ0) is 15.1. The Hall–Kier alpha value is -0.980. The normalized spacial score (nSPS) is 12.6. The van der Waals surface area contributed by atoms with E-state index in [1.54, 1.807) is 6.20 Å². The van der Waals surface area contributed by atoms with E-state index in [0.29, 0.717) is 6.54 Å². The van der Waals surface area contributed by atoms with Crippen LogP contribution in [0.2, 0.25) is 0 Å². The second kappa shape index (κ2) is 7.71. The minimum Gasteiger partial charge on any atom is -0.313 e. The maximum atomic E-state index is 11.8. The van der Waals surface area contributed by atoms with E-state index in [2.05, 4.69) is 15.0 Å². The van der Waals surface area contributed by atoms with Crippen LogP contribution in [-0.4, -0.2) is 32.2 Å². The first-order chi connectivity index (χ1) is 9.29. The number of nitrogens with zero attached hydrogens (tertiary/aromatic N) is 1. The van der Waals surface area contributed by atoms with Crippen LogP contribution in [0.25, 0.3) is 0 Å². The van der Waals surface area contributed by atoms with Gasteiger partial charge in [-0.05, 0) is 30.0 Å². The number of hydrogen-bond donors (Lipinski definition) is 2. The molecule has 0 aliphatic carbocycles. The van der Waals surface area contributed by atoms with Crippen LogP contribution in [0, 0.1) is 5.41 Å². The number of aromatic nitrogens is 1. The fourth-order valence-corrected chi connectivity index (χ4v) is 3.50. The Morgan fingerprint density at radius 1 is 1.25 bits per heavy atom. The van der Waals surface area contributed by atoms with Crippen LogP contribution < -0.4 is 10.0 Å². The maximum absolute atomic E-state index is 11.8. The summed E-state index contributed by atoms with van der Waals surface area (Å²) >= 11 is 0. The molecule has 1 aromatic heterocycles. The molecule has 0 fully saturated rings. The monoisotopic (exact) mass is 299 g/mol. The summed E-state index contributed by atoms with van der Waals surface area (Å²) in [6, 6.07) is 3.91. The minimum absolute atomic E-state index is 0.156. The van der Waals surface area contributed by atoms with E-state index >= 15 is 0 Å². The third-order valence-corrected chi connectivity index (χ3v) is 4.42. The van der Waals surface area contributed by atoms with Crippen molar-refractivity contribution in [2.75, 3.05) is 18.8 Å². The van der Waals surface area contributed by atoms with Gasteiger partial charge in [0.15, 0.2) is 0 Å². The summed E-state index contributed by atoms with van der Waals surface area (Å²) in [5, 5.41) is 3.26. The van der Waals surface area contributed by atoms with Crippen LogP contribution in [-0.2, 0) is 16.6 Å². The van der Waals surface area contributed by atoms with Crippen LogP contribution >= 0.6 is 0 Å². The Balaban J connectivity index is 2.13. The van der Waals surface area contributed by atoms with Gasteiger partial charge in [-0.3, -0.25) is 4.98 Å². The smallest absolute Gasteiger partial charge is 0.212 e. The molecular weight excluding hydrogens is 274 g/mol. The summed E-state index contributed by atoms with van der Waals surface area (Å²) in [6.45, 7) is 7.75. The Morgan fingerprint density at radius 2 is 2.00 bits per heavy atom. The Kier molecular flexibility index (Phi) is 6.58. The fraction of sp³-hybridized carbons (Fsp3) is 0.643. The number of sulfonamides is 1. The standard InChI is InChI=1S/C14H25N3O2S/c1-14(2,3)12-20(18,19)17-9-5-8-16-11-13-6-4-7-15-10-13/h4,6-7,10,16-17H,5,8-9,11-12H2,1-3H3. The number of pyridine rings is 1. The lowest BCUT2D eigenvalue weighted by Crippen LogP contribution is -2.33. The van der Waals surface area contributed by atoms with Crippen LogP contribution in [0.5, 0.6) is 0 Å². The first-order valence-electron chi connectivity index (χ1n) is 6.85. The molecule has 0 saturated carbocycles. The quantitative estimate of drug-likeness (QED) is 0.714. The molecule has 0 aliphatic rings. The molecule has 1 rings (SSSR count). The van der Waals surface area contributed by atoms with Gasteiger partial charge >= 0.3 is 0 Å². The highest BCUT2D eigenvalue weighted by Gasteiger charge is 2.20. The largest absolute Gasteiger partial charge is 0.313 e. The average molecular weight is 299 g/mol. The second-order valence-electron chi connectivity index (χ2n) is 6.11.